The Morgan fingerprint density at radius 2 is 1.62 bits per heavy atom. The van der Waals surface area contributed by atoms with Gasteiger partial charge in [-0.1, -0.05) is 41.9 Å². The summed E-state index contributed by atoms with van der Waals surface area (Å²) in [7, 11) is 0. The summed E-state index contributed by atoms with van der Waals surface area (Å²) in [6.45, 7) is 6.31. The van der Waals surface area contributed by atoms with Gasteiger partial charge in [0.05, 0.1) is 23.6 Å². The van der Waals surface area contributed by atoms with Gasteiger partial charge in [-0.15, -0.1) is 0 Å². The Bertz CT molecular complexity index is 1230. The molecule has 0 unspecified atom stereocenters. The van der Waals surface area contributed by atoms with E-state index in [1.807, 2.05) is 57.2 Å². The number of amides is 2. The van der Waals surface area contributed by atoms with Crippen LogP contribution >= 0.6 is 11.6 Å². The lowest BCUT2D eigenvalue weighted by Gasteiger charge is -2.17. The summed E-state index contributed by atoms with van der Waals surface area (Å²) in [6.07, 6.45) is 0. The van der Waals surface area contributed by atoms with Crippen molar-refractivity contribution in [2.75, 3.05) is 16.8 Å². The molecule has 4 rings (SSSR count). The average Bonchev–Trinajstić information content (AvgIpc) is 3.02. The Labute approximate surface area is 192 Å². The van der Waals surface area contributed by atoms with Crippen LogP contribution in [0, 0.1) is 13.8 Å². The van der Waals surface area contributed by atoms with Crippen molar-refractivity contribution in [1.29, 1.82) is 0 Å². The minimum atomic E-state index is -0.422. The lowest BCUT2D eigenvalue weighted by Crippen LogP contribution is -2.32. The first kappa shape index (κ1) is 21.7. The third kappa shape index (κ3) is 3.99. The topological polar surface area (TPSA) is 58.6 Å². The second-order valence-corrected chi connectivity index (χ2v) is 7.96. The number of benzene rings is 3. The molecule has 1 N–H and O–H groups in total. The molecular weight excluding hydrogens is 424 g/mol. The van der Waals surface area contributed by atoms with Gasteiger partial charge in [0.15, 0.2) is 0 Å². The zero-order valence-corrected chi connectivity index (χ0v) is 18.9. The third-order valence-corrected chi connectivity index (χ3v) is 5.66. The molecule has 1 aliphatic heterocycles. The molecule has 32 heavy (non-hydrogen) atoms. The summed E-state index contributed by atoms with van der Waals surface area (Å²) >= 11 is 6.05. The van der Waals surface area contributed by atoms with Crippen LogP contribution in [0.4, 0.5) is 11.4 Å². The number of aryl methyl sites for hydroxylation is 2. The molecule has 0 saturated heterocycles. The van der Waals surface area contributed by atoms with Gasteiger partial charge < -0.3 is 10.1 Å². The first-order valence-electron chi connectivity index (χ1n) is 10.4. The van der Waals surface area contributed by atoms with Crippen molar-refractivity contribution >= 4 is 40.4 Å². The van der Waals surface area contributed by atoms with E-state index in [1.165, 1.54) is 4.90 Å². The predicted molar refractivity (Wildman–Crippen MR) is 128 cm³/mol. The highest BCUT2D eigenvalue weighted by Gasteiger charge is 2.40. The standard InChI is InChI=1S/C26H23ClN2O3/c1-4-32-22-8-6-5-7-21(22)28-24-23(18-10-12-19(27)13-11-18)25(30)29(26(24)31)20-14-9-16(2)17(3)15-20/h5-15,28H,4H2,1-3H3. The van der Waals surface area contributed by atoms with Crippen LogP contribution in [-0.2, 0) is 9.59 Å². The minimum absolute atomic E-state index is 0.197. The number of carbonyl (C=O) groups is 2. The molecule has 1 aliphatic rings. The van der Waals surface area contributed by atoms with E-state index in [4.69, 9.17) is 16.3 Å². The Morgan fingerprint density at radius 3 is 2.31 bits per heavy atom. The smallest absolute Gasteiger partial charge is 0.282 e. The van der Waals surface area contributed by atoms with Crippen LogP contribution in [-0.4, -0.2) is 18.4 Å². The summed E-state index contributed by atoms with van der Waals surface area (Å²) in [4.78, 5) is 28.3. The fraction of sp³-hybridized carbons (Fsp3) is 0.154. The number of hydrogen-bond donors (Lipinski definition) is 1. The summed E-state index contributed by atoms with van der Waals surface area (Å²) in [5.41, 5.74) is 4.32. The molecule has 3 aromatic carbocycles. The number of halogens is 1. The molecule has 0 aromatic heterocycles. The van der Waals surface area contributed by atoms with Gasteiger partial charge in [0.25, 0.3) is 11.8 Å². The molecule has 3 aromatic rings. The van der Waals surface area contributed by atoms with Crippen molar-refractivity contribution in [3.63, 3.8) is 0 Å². The number of nitrogens with zero attached hydrogens (tertiary/aromatic N) is 1. The van der Waals surface area contributed by atoms with Crippen molar-refractivity contribution in [2.45, 2.75) is 20.8 Å². The average molecular weight is 447 g/mol. The van der Waals surface area contributed by atoms with E-state index in [0.717, 1.165) is 11.1 Å². The van der Waals surface area contributed by atoms with Gasteiger partial charge in [-0.05, 0) is 73.9 Å². The second-order valence-electron chi connectivity index (χ2n) is 7.53. The van der Waals surface area contributed by atoms with Crippen LogP contribution < -0.4 is 15.0 Å². The molecular formula is C26H23ClN2O3. The van der Waals surface area contributed by atoms with Gasteiger partial charge in [0.1, 0.15) is 11.4 Å². The lowest BCUT2D eigenvalue weighted by atomic mass is 10.0. The first-order valence-corrected chi connectivity index (χ1v) is 10.7. The van der Waals surface area contributed by atoms with E-state index in [1.54, 1.807) is 30.3 Å². The number of imide groups is 1. The fourth-order valence-electron chi connectivity index (χ4n) is 3.62. The molecule has 0 aliphatic carbocycles. The second kappa shape index (κ2) is 8.89. The fourth-order valence-corrected chi connectivity index (χ4v) is 3.74. The van der Waals surface area contributed by atoms with Crippen molar-refractivity contribution in [3.05, 3.63) is 94.1 Å². The molecule has 0 spiro atoms. The largest absolute Gasteiger partial charge is 0.492 e. The number of para-hydroxylation sites is 2. The molecule has 162 valence electrons. The molecule has 6 heteroatoms. The SMILES string of the molecule is CCOc1ccccc1NC1=C(c2ccc(Cl)cc2)C(=O)N(c2ccc(C)c(C)c2)C1=O. The van der Waals surface area contributed by atoms with Gasteiger partial charge >= 0.3 is 0 Å². The minimum Gasteiger partial charge on any atom is -0.492 e. The molecule has 0 fully saturated rings. The summed E-state index contributed by atoms with van der Waals surface area (Å²) in [5.74, 6) is -0.214. The molecule has 0 bridgehead atoms. The van der Waals surface area contributed by atoms with E-state index in [0.29, 0.717) is 34.3 Å². The van der Waals surface area contributed by atoms with Crippen LogP contribution in [0.2, 0.25) is 5.02 Å². The number of nitrogens with one attached hydrogen (secondary N) is 1. The molecule has 1 heterocycles. The van der Waals surface area contributed by atoms with Crippen LogP contribution in [0.5, 0.6) is 5.75 Å². The van der Waals surface area contributed by atoms with Crippen molar-refractivity contribution in [2.24, 2.45) is 0 Å². The zero-order valence-electron chi connectivity index (χ0n) is 18.1. The van der Waals surface area contributed by atoms with E-state index in [2.05, 4.69) is 5.32 Å². The maximum atomic E-state index is 13.6. The number of carbonyl (C=O) groups excluding carboxylic acids is 2. The first-order chi connectivity index (χ1) is 15.4. The molecule has 5 nitrogen and oxygen atoms in total. The predicted octanol–water partition coefficient (Wildman–Crippen LogP) is 5.75. The molecule has 0 saturated carbocycles. The maximum absolute atomic E-state index is 13.6. The van der Waals surface area contributed by atoms with Gasteiger partial charge in [0.2, 0.25) is 0 Å². The van der Waals surface area contributed by atoms with Crippen molar-refractivity contribution in [1.82, 2.24) is 0 Å². The maximum Gasteiger partial charge on any atom is 0.282 e. The Kier molecular flexibility index (Phi) is 6.01. The van der Waals surface area contributed by atoms with Crippen LogP contribution in [0.25, 0.3) is 5.57 Å². The number of ether oxygens (including phenoxy) is 1. The van der Waals surface area contributed by atoms with Crippen molar-refractivity contribution in [3.8, 4) is 5.75 Å². The highest BCUT2D eigenvalue weighted by molar-refractivity contribution is 6.46. The zero-order chi connectivity index (χ0) is 22.8. The number of hydrogen-bond acceptors (Lipinski definition) is 4. The quantitative estimate of drug-likeness (QED) is 0.489. The van der Waals surface area contributed by atoms with Gasteiger partial charge in [0, 0.05) is 5.02 Å². The highest BCUT2D eigenvalue weighted by Crippen LogP contribution is 2.36. The molecule has 2 amide bonds. The van der Waals surface area contributed by atoms with Gasteiger partial charge in [-0.2, -0.15) is 0 Å². The number of rotatable bonds is 6. The summed E-state index contributed by atoms with van der Waals surface area (Å²) in [5, 5.41) is 3.72. The monoisotopic (exact) mass is 446 g/mol. The van der Waals surface area contributed by atoms with Crippen molar-refractivity contribution < 1.29 is 14.3 Å². The molecule has 0 atom stereocenters. The third-order valence-electron chi connectivity index (χ3n) is 5.41. The summed E-state index contributed by atoms with van der Waals surface area (Å²) < 4.78 is 5.69. The summed E-state index contributed by atoms with van der Waals surface area (Å²) in [6, 6.07) is 19.7. The Hall–Kier alpha value is -3.57. The number of anilines is 2. The van der Waals surface area contributed by atoms with Gasteiger partial charge in [-0.3, -0.25) is 9.59 Å². The van der Waals surface area contributed by atoms with Crippen LogP contribution in [0.1, 0.15) is 23.6 Å². The molecule has 0 radical (unpaired) electrons. The lowest BCUT2D eigenvalue weighted by molar-refractivity contribution is -0.120. The highest BCUT2D eigenvalue weighted by atomic mass is 35.5. The van der Waals surface area contributed by atoms with Crippen LogP contribution in [0.3, 0.4) is 0 Å². The van der Waals surface area contributed by atoms with Gasteiger partial charge in [-0.25, -0.2) is 4.90 Å². The van der Waals surface area contributed by atoms with E-state index >= 15 is 0 Å². The Balaban J connectivity index is 1.83. The van der Waals surface area contributed by atoms with E-state index < -0.39 is 11.8 Å². The normalized spacial score (nSPS) is 13.7. The van der Waals surface area contributed by atoms with E-state index in [-0.39, 0.29) is 11.3 Å². The Morgan fingerprint density at radius 1 is 0.906 bits per heavy atom. The van der Waals surface area contributed by atoms with E-state index in [9.17, 15) is 9.59 Å². The van der Waals surface area contributed by atoms with Crippen LogP contribution in [0.15, 0.2) is 72.4 Å².